The third-order valence-corrected chi connectivity index (χ3v) is 5.47. The van der Waals surface area contributed by atoms with Crippen LogP contribution in [0, 0.1) is 5.92 Å². The summed E-state index contributed by atoms with van der Waals surface area (Å²) in [5.74, 6) is 0.0554. The van der Waals surface area contributed by atoms with Crippen molar-refractivity contribution in [1.82, 2.24) is 10.2 Å². The molecule has 2 aliphatic rings. The molecule has 0 unspecified atom stereocenters. The molecule has 2 amide bonds. The van der Waals surface area contributed by atoms with Crippen molar-refractivity contribution in [3.05, 3.63) is 0 Å². The molecule has 1 aliphatic carbocycles. The summed E-state index contributed by atoms with van der Waals surface area (Å²) in [7, 11) is 0. The average molecular weight is 284 g/mol. The van der Waals surface area contributed by atoms with Gasteiger partial charge < -0.3 is 10.2 Å². The first kappa shape index (κ1) is 14.7. The summed E-state index contributed by atoms with van der Waals surface area (Å²) in [5.41, 5.74) is 0. The maximum Gasteiger partial charge on any atom is 0.225 e. The lowest BCUT2D eigenvalue weighted by Crippen LogP contribution is -2.46. The number of carbonyl (C=O) groups excluding carboxylic acids is 2. The number of rotatable bonds is 4. The normalized spacial score (nSPS) is 31.6. The maximum atomic E-state index is 12.3. The Morgan fingerprint density at radius 3 is 2.79 bits per heavy atom. The Kier molecular flexibility index (Phi) is 5.13. The van der Waals surface area contributed by atoms with Gasteiger partial charge in [-0.1, -0.05) is 12.8 Å². The zero-order chi connectivity index (χ0) is 13.8. The van der Waals surface area contributed by atoms with Crippen LogP contribution in [-0.2, 0) is 9.59 Å². The summed E-state index contributed by atoms with van der Waals surface area (Å²) in [6.45, 7) is 3.26. The van der Waals surface area contributed by atoms with Crippen LogP contribution in [0.25, 0.3) is 0 Å². The second kappa shape index (κ2) is 6.64. The molecule has 1 saturated carbocycles. The van der Waals surface area contributed by atoms with E-state index >= 15 is 0 Å². The first-order valence-electron chi connectivity index (χ1n) is 7.26. The van der Waals surface area contributed by atoms with Crippen LogP contribution in [0.1, 0.15) is 39.0 Å². The van der Waals surface area contributed by atoms with Gasteiger partial charge in [-0.05, 0) is 26.0 Å². The minimum Gasteiger partial charge on any atom is -0.352 e. The second-order valence-corrected chi connectivity index (χ2v) is 6.58. The van der Waals surface area contributed by atoms with Gasteiger partial charge >= 0.3 is 0 Å². The van der Waals surface area contributed by atoms with Gasteiger partial charge in [0.1, 0.15) is 0 Å². The Morgan fingerprint density at radius 2 is 2.16 bits per heavy atom. The van der Waals surface area contributed by atoms with Gasteiger partial charge in [0.2, 0.25) is 11.8 Å². The molecular weight excluding hydrogens is 260 g/mol. The van der Waals surface area contributed by atoms with Gasteiger partial charge in [-0.2, -0.15) is 11.8 Å². The number of likely N-dealkylation sites (tertiary alicyclic amines) is 1. The summed E-state index contributed by atoms with van der Waals surface area (Å²) in [5, 5.41) is 3.73. The zero-order valence-electron chi connectivity index (χ0n) is 11.9. The predicted octanol–water partition coefficient (Wildman–Crippen LogP) is 1.65. The third kappa shape index (κ3) is 3.44. The summed E-state index contributed by atoms with van der Waals surface area (Å²) >= 11 is 1.85. The van der Waals surface area contributed by atoms with E-state index in [9.17, 15) is 9.59 Å². The van der Waals surface area contributed by atoms with Crippen LogP contribution in [0.15, 0.2) is 0 Å². The van der Waals surface area contributed by atoms with Crippen LogP contribution in [0.2, 0.25) is 0 Å². The molecule has 0 aromatic carbocycles. The smallest absolute Gasteiger partial charge is 0.225 e. The van der Waals surface area contributed by atoms with E-state index < -0.39 is 0 Å². The highest BCUT2D eigenvalue weighted by molar-refractivity contribution is 7.99. The molecule has 0 aromatic heterocycles. The van der Waals surface area contributed by atoms with Crippen molar-refractivity contribution in [3.63, 3.8) is 0 Å². The molecule has 0 bridgehead atoms. The van der Waals surface area contributed by atoms with Crippen molar-refractivity contribution in [3.8, 4) is 0 Å². The topological polar surface area (TPSA) is 49.4 Å². The molecular formula is C14H24N2O2S. The van der Waals surface area contributed by atoms with Gasteiger partial charge in [-0.3, -0.25) is 9.59 Å². The zero-order valence-corrected chi connectivity index (χ0v) is 12.7. The van der Waals surface area contributed by atoms with Gasteiger partial charge in [0.15, 0.2) is 0 Å². The molecule has 1 saturated heterocycles. The van der Waals surface area contributed by atoms with Crippen molar-refractivity contribution in [2.45, 2.75) is 50.3 Å². The van der Waals surface area contributed by atoms with Gasteiger partial charge in [-0.25, -0.2) is 0 Å². The molecule has 1 N–H and O–H groups in total. The lowest BCUT2D eigenvalue weighted by Gasteiger charge is -2.31. The summed E-state index contributed by atoms with van der Waals surface area (Å²) < 4.78 is 0. The van der Waals surface area contributed by atoms with Crippen LogP contribution in [0.3, 0.4) is 0 Å². The molecule has 0 spiro atoms. The van der Waals surface area contributed by atoms with Gasteiger partial charge in [0.25, 0.3) is 0 Å². The lowest BCUT2D eigenvalue weighted by molar-refractivity contribution is -0.129. The Labute approximate surface area is 119 Å². The van der Waals surface area contributed by atoms with Crippen LogP contribution in [-0.4, -0.2) is 47.4 Å². The highest BCUT2D eigenvalue weighted by Gasteiger charge is 2.35. The highest BCUT2D eigenvalue weighted by Crippen LogP contribution is 2.28. The van der Waals surface area contributed by atoms with E-state index in [-0.39, 0.29) is 17.7 Å². The number of carbonyl (C=O) groups is 2. The molecule has 0 aromatic rings. The Balaban J connectivity index is 1.88. The van der Waals surface area contributed by atoms with E-state index in [0.717, 1.165) is 6.42 Å². The standard InChI is InChI=1S/C14H24N2O2S/c1-3-16-9-10(8-13(16)17)14(18)15-11-6-4-5-7-12(11)19-2/h10-12H,3-9H2,1-2H3,(H,15,18)/t10-,11-,12-/m1/s1. The first-order chi connectivity index (χ1) is 9.15. The van der Waals surface area contributed by atoms with Gasteiger partial charge in [-0.15, -0.1) is 0 Å². The molecule has 0 radical (unpaired) electrons. The van der Waals surface area contributed by atoms with E-state index in [4.69, 9.17) is 0 Å². The number of nitrogens with zero attached hydrogens (tertiary/aromatic N) is 1. The van der Waals surface area contributed by atoms with Crippen molar-refractivity contribution in [1.29, 1.82) is 0 Å². The lowest BCUT2D eigenvalue weighted by atomic mass is 9.94. The number of nitrogens with one attached hydrogen (secondary N) is 1. The molecule has 4 nitrogen and oxygen atoms in total. The van der Waals surface area contributed by atoms with E-state index in [1.165, 1.54) is 19.3 Å². The van der Waals surface area contributed by atoms with Crippen LogP contribution in [0.5, 0.6) is 0 Å². The first-order valence-corrected chi connectivity index (χ1v) is 8.55. The van der Waals surface area contributed by atoms with Crippen molar-refractivity contribution < 1.29 is 9.59 Å². The molecule has 1 aliphatic heterocycles. The molecule has 108 valence electrons. The fourth-order valence-electron chi connectivity index (χ4n) is 3.10. The Morgan fingerprint density at radius 1 is 1.42 bits per heavy atom. The van der Waals surface area contributed by atoms with E-state index in [1.807, 2.05) is 18.7 Å². The number of amides is 2. The molecule has 2 fully saturated rings. The number of thioether (sulfide) groups is 1. The molecule has 19 heavy (non-hydrogen) atoms. The van der Waals surface area contributed by atoms with Crippen LogP contribution in [0.4, 0.5) is 0 Å². The summed E-state index contributed by atoms with van der Waals surface area (Å²) in [6, 6.07) is 0.294. The number of hydrogen-bond donors (Lipinski definition) is 1. The van der Waals surface area contributed by atoms with E-state index in [2.05, 4.69) is 11.6 Å². The minimum absolute atomic E-state index is 0.0789. The monoisotopic (exact) mass is 284 g/mol. The molecule has 3 atom stereocenters. The largest absolute Gasteiger partial charge is 0.352 e. The van der Waals surface area contributed by atoms with Gasteiger partial charge in [0.05, 0.1) is 5.92 Å². The highest BCUT2D eigenvalue weighted by atomic mass is 32.2. The van der Waals surface area contributed by atoms with E-state index in [0.29, 0.717) is 30.8 Å². The number of hydrogen-bond acceptors (Lipinski definition) is 3. The van der Waals surface area contributed by atoms with Crippen LogP contribution < -0.4 is 5.32 Å². The summed E-state index contributed by atoms with van der Waals surface area (Å²) in [4.78, 5) is 25.7. The fraction of sp³-hybridized carbons (Fsp3) is 0.857. The van der Waals surface area contributed by atoms with E-state index in [1.54, 1.807) is 4.90 Å². The van der Waals surface area contributed by atoms with Gasteiger partial charge in [0, 0.05) is 30.8 Å². The van der Waals surface area contributed by atoms with Crippen molar-refractivity contribution in [2.75, 3.05) is 19.3 Å². The minimum atomic E-state index is -0.142. The van der Waals surface area contributed by atoms with Crippen molar-refractivity contribution in [2.24, 2.45) is 5.92 Å². The third-order valence-electron chi connectivity index (χ3n) is 4.30. The quantitative estimate of drug-likeness (QED) is 0.854. The predicted molar refractivity (Wildman–Crippen MR) is 78.1 cm³/mol. The maximum absolute atomic E-state index is 12.3. The Bertz CT molecular complexity index is 348. The second-order valence-electron chi connectivity index (χ2n) is 5.51. The summed E-state index contributed by atoms with van der Waals surface area (Å²) in [6.07, 6.45) is 7.24. The van der Waals surface area contributed by atoms with Crippen molar-refractivity contribution >= 4 is 23.6 Å². The van der Waals surface area contributed by atoms with Crippen LogP contribution >= 0.6 is 11.8 Å². The average Bonchev–Trinajstić information content (AvgIpc) is 2.80. The fourth-order valence-corrected chi connectivity index (χ4v) is 4.03. The Hall–Kier alpha value is -0.710. The SMILES string of the molecule is CCN1C[C@H](C(=O)N[C@@H]2CCCC[C@H]2SC)CC1=O. The molecule has 5 heteroatoms. The molecule has 2 rings (SSSR count). The molecule has 1 heterocycles.